The van der Waals surface area contributed by atoms with Gasteiger partial charge in [-0.25, -0.2) is 4.39 Å². The molecule has 3 rings (SSSR count). The van der Waals surface area contributed by atoms with Crippen LogP contribution in [0, 0.1) is 5.82 Å². The number of hydrogen-bond donors (Lipinski definition) is 2. The third kappa shape index (κ3) is 4.07. The Labute approximate surface area is 135 Å². The van der Waals surface area contributed by atoms with E-state index in [4.69, 9.17) is 0 Å². The Morgan fingerprint density at radius 3 is 2.43 bits per heavy atom. The fraction of sp³-hybridized carbons (Fsp3) is 0.529. The summed E-state index contributed by atoms with van der Waals surface area (Å²) in [6.45, 7) is 2.30. The highest BCUT2D eigenvalue weighted by Gasteiger charge is 2.35. The molecule has 2 N–H and O–H groups in total. The van der Waals surface area contributed by atoms with Crippen LogP contribution in [0.5, 0.6) is 0 Å². The second kappa shape index (κ2) is 7.08. The van der Waals surface area contributed by atoms with Gasteiger partial charge in [0, 0.05) is 17.6 Å². The molecule has 1 saturated heterocycles. The van der Waals surface area contributed by atoms with Crippen LogP contribution in [-0.4, -0.2) is 48.4 Å². The van der Waals surface area contributed by atoms with E-state index in [0.29, 0.717) is 11.6 Å². The van der Waals surface area contributed by atoms with E-state index in [2.05, 4.69) is 15.5 Å². The van der Waals surface area contributed by atoms with Crippen LogP contribution in [-0.2, 0) is 4.79 Å². The van der Waals surface area contributed by atoms with Crippen molar-refractivity contribution in [3.05, 3.63) is 35.6 Å². The smallest absolute Gasteiger partial charge is 0.251 e. The van der Waals surface area contributed by atoms with Crippen LogP contribution in [0.3, 0.4) is 0 Å². The highest BCUT2D eigenvalue weighted by molar-refractivity contribution is 5.96. The molecule has 5 nitrogen and oxygen atoms in total. The number of nitrogens with one attached hydrogen (secondary N) is 2. The number of halogens is 1. The van der Waals surface area contributed by atoms with E-state index in [-0.39, 0.29) is 24.4 Å². The lowest BCUT2D eigenvalue weighted by Crippen LogP contribution is -2.54. The van der Waals surface area contributed by atoms with Gasteiger partial charge >= 0.3 is 0 Å². The topological polar surface area (TPSA) is 61.4 Å². The third-order valence-electron chi connectivity index (χ3n) is 4.65. The van der Waals surface area contributed by atoms with Crippen LogP contribution in [0.2, 0.25) is 0 Å². The maximum absolute atomic E-state index is 12.8. The Balaban J connectivity index is 1.35. The fourth-order valence-corrected chi connectivity index (χ4v) is 3.25. The van der Waals surface area contributed by atoms with Crippen LogP contribution < -0.4 is 10.6 Å². The highest BCUT2D eigenvalue weighted by atomic mass is 19.1. The lowest BCUT2D eigenvalue weighted by atomic mass is 9.85. The number of amides is 2. The molecule has 2 aliphatic rings. The molecule has 2 amide bonds. The molecule has 0 spiro atoms. The van der Waals surface area contributed by atoms with Crippen molar-refractivity contribution in [3.8, 4) is 0 Å². The first-order valence-electron chi connectivity index (χ1n) is 8.19. The van der Waals surface area contributed by atoms with E-state index in [1.807, 2.05) is 0 Å². The van der Waals surface area contributed by atoms with Gasteiger partial charge in [0.2, 0.25) is 5.91 Å². The molecule has 23 heavy (non-hydrogen) atoms. The van der Waals surface area contributed by atoms with E-state index < -0.39 is 5.82 Å². The number of nitrogens with zero attached hydrogens (tertiary/aromatic N) is 1. The number of hydrogen-bond acceptors (Lipinski definition) is 3. The minimum atomic E-state index is -0.392. The van der Waals surface area contributed by atoms with Gasteiger partial charge in [-0.15, -0.1) is 0 Å². The van der Waals surface area contributed by atoms with Gasteiger partial charge in [0.05, 0.1) is 6.54 Å². The molecule has 1 aromatic rings. The maximum atomic E-state index is 12.8. The van der Waals surface area contributed by atoms with Gasteiger partial charge < -0.3 is 15.5 Å². The molecular weight excluding hydrogens is 297 g/mol. The maximum Gasteiger partial charge on any atom is 0.251 e. The van der Waals surface area contributed by atoms with Gasteiger partial charge in [0.15, 0.2) is 0 Å². The number of carbonyl (C=O) groups is 2. The van der Waals surface area contributed by atoms with Crippen molar-refractivity contribution in [2.24, 2.45) is 0 Å². The van der Waals surface area contributed by atoms with E-state index in [1.165, 1.54) is 50.2 Å². The summed E-state index contributed by atoms with van der Waals surface area (Å²) < 4.78 is 12.8. The molecule has 1 heterocycles. The second-order valence-electron chi connectivity index (χ2n) is 6.32. The largest absolute Gasteiger partial charge is 0.352 e. The van der Waals surface area contributed by atoms with Gasteiger partial charge in [-0.1, -0.05) is 0 Å². The molecule has 1 aromatic carbocycles. The summed E-state index contributed by atoms with van der Waals surface area (Å²) in [6.07, 6.45) is 4.56. The SMILES string of the molecule is O=C(CNC(=O)c1ccc(F)cc1)NC1CC(N2CCCC2)C1. The molecule has 1 aliphatic carbocycles. The normalized spacial score (nSPS) is 24.0. The second-order valence-corrected chi connectivity index (χ2v) is 6.32. The summed E-state index contributed by atoms with van der Waals surface area (Å²) in [5.41, 5.74) is 0.344. The molecular formula is C17H22FN3O2. The van der Waals surface area contributed by atoms with Gasteiger partial charge in [0.25, 0.3) is 5.91 Å². The van der Waals surface area contributed by atoms with Crippen molar-refractivity contribution in [2.45, 2.75) is 37.8 Å². The van der Waals surface area contributed by atoms with Gasteiger partial charge in [-0.05, 0) is 63.0 Å². The summed E-state index contributed by atoms with van der Waals surface area (Å²) in [6, 6.07) is 6.07. The molecule has 0 bridgehead atoms. The van der Waals surface area contributed by atoms with Gasteiger partial charge in [-0.2, -0.15) is 0 Å². The number of carbonyl (C=O) groups excluding carboxylic acids is 2. The number of rotatable bonds is 5. The molecule has 1 aliphatic heterocycles. The Morgan fingerprint density at radius 1 is 1.13 bits per heavy atom. The van der Waals surface area contributed by atoms with Crippen molar-refractivity contribution in [1.29, 1.82) is 0 Å². The lowest BCUT2D eigenvalue weighted by Gasteiger charge is -2.41. The average molecular weight is 319 g/mol. The Kier molecular flexibility index (Phi) is 4.91. The summed E-state index contributed by atoms with van der Waals surface area (Å²) in [4.78, 5) is 26.2. The molecule has 1 saturated carbocycles. The van der Waals surface area contributed by atoms with Crippen molar-refractivity contribution in [3.63, 3.8) is 0 Å². The van der Waals surface area contributed by atoms with Crippen LogP contribution >= 0.6 is 0 Å². The summed E-state index contributed by atoms with van der Waals surface area (Å²) in [5, 5.41) is 5.50. The Bertz CT molecular complexity index is 564. The average Bonchev–Trinajstić information content (AvgIpc) is 3.02. The third-order valence-corrected chi connectivity index (χ3v) is 4.65. The lowest BCUT2D eigenvalue weighted by molar-refractivity contribution is -0.121. The zero-order valence-corrected chi connectivity index (χ0v) is 13.1. The first kappa shape index (κ1) is 15.9. The minimum absolute atomic E-state index is 0.0545. The van der Waals surface area contributed by atoms with Crippen LogP contribution in [0.4, 0.5) is 4.39 Å². The van der Waals surface area contributed by atoms with Crippen molar-refractivity contribution >= 4 is 11.8 Å². The standard InChI is InChI=1S/C17H22FN3O2/c18-13-5-3-12(4-6-13)17(23)19-11-16(22)20-14-9-15(10-14)21-7-1-2-8-21/h3-6,14-15H,1-2,7-11H2,(H,19,23)(H,20,22). The van der Waals surface area contributed by atoms with Crippen LogP contribution in [0.15, 0.2) is 24.3 Å². The molecule has 6 heteroatoms. The Morgan fingerprint density at radius 2 is 1.78 bits per heavy atom. The number of benzene rings is 1. The van der Waals surface area contributed by atoms with Gasteiger partial charge in [-0.3, -0.25) is 9.59 Å². The van der Waals surface area contributed by atoms with Crippen LogP contribution in [0.1, 0.15) is 36.0 Å². The predicted octanol–water partition coefficient (Wildman–Crippen LogP) is 1.30. The number of likely N-dealkylation sites (tertiary alicyclic amines) is 1. The minimum Gasteiger partial charge on any atom is -0.352 e. The molecule has 0 atom stereocenters. The van der Waals surface area contributed by atoms with Crippen molar-refractivity contribution < 1.29 is 14.0 Å². The van der Waals surface area contributed by atoms with E-state index in [1.54, 1.807) is 0 Å². The first-order chi connectivity index (χ1) is 11.1. The predicted molar refractivity (Wildman–Crippen MR) is 84.5 cm³/mol. The Hall–Kier alpha value is -1.95. The van der Waals surface area contributed by atoms with E-state index in [9.17, 15) is 14.0 Å². The van der Waals surface area contributed by atoms with E-state index in [0.717, 1.165) is 12.8 Å². The van der Waals surface area contributed by atoms with Crippen molar-refractivity contribution in [1.82, 2.24) is 15.5 Å². The quantitative estimate of drug-likeness (QED) is 0.860. The molecule has 0 radical (unpaired) electrons. The van der Waals surface area contributed by atoms with Gasteiger partial charge in [0.1, 0.15) is 5.82 Å². The highest BCUT2D eigenvalue weighted by Crippen LogP contribution is 2.28. The zero-order valence-electron chi connectivity index (χ0n) is 13.1. The summed E-state index contributed by atoms with van der Waals surface area (Å²) >= 11 is 0. The van der Waals surface area contributed by atoms with E-state index >= 15 is 0 Å². The monoisotopic (exact) mass is 319 g/mol. The summed E-state index contributed by atoms with van der Waals surface area (Å²) in [7, 11) is 0. The zero-order chi connectivity index (χ0) is 16.2. The van der Waals surface area contributed by atoms with Crippen molar-refractivity contribution in [2.75, 3.05) is 19.6 Å². The molecule has 124 valence electrons. The van der Waals surface area contributed by atoms with Crippen LogP contribution in [0.25, 0.3) is 0 Å². The molecule has 2 fully saturated rings. The molecule has 0 aromatic heterocycles. The fourth-order valence-electron chi connectivity index (χ4n) is 3.25. The first-order valence-corrected chi connectivity index (χ1v) is 8.19. The summed E-state index contributed by atoms with van der Waals surface area (Å²) in [5.74, 6) is -0.939. The molecule has 0 unspecified atom stereocenters.